The number of carbonyl (C=O) groups is 1. The molecule has 1 fully saturated rings. The highest BCUT2D eigenvalue weighted by Crippen LogP contribution is 2.22. The maximum atomic E-state index is 12.9. The molecule has 25 heavy (non-hydrogen) atoms. The maximum absolute atomic E-state index is 12.9. The lowest BCUT2D eigenvalue weighted by atomic mass is 10.2. The van der Waals surface area contributed by atoms with Gasteiger partial charge in [-0.3, -0.25) is 4.79 Å². The number of carboxylic acid groups (broad SMARTS) is 1. The molecule has 1 atom stereocenters. The first kappa shape index (κ1) is 19.8. The van der Waals surface area contributed by atoms with E-state index in [1.165, 1.54) is 7.05 Å². The van der Waals surface area contributed by atoms with Crippen molar-refractivity contribution >= 4 is 26.0 Å². The van der Waals surface area contributed by atoms with Gasteiger partial charge in [0.1, 0.15) is 11.9 Å². The van der Waals surface area contributed by atoms with Gasteiger partial charge in [-0.2, -0.15) is 8.61 Å². The van der Waals surface area contributed by atoms with Gasteiger partial charge in [0.2, 0.25) is 20.0 Å². The highest BCUT2D eigenvalue weighted by atomic mass is 32.2. The second-order valence-electron chi connectivity index (χ2n) is 5.70. The third-order valence-electron chi connectivity index (χ3n) is 4.03. The lowest BCUT2D eigenvalue weighted by molar-refractivity contribution is -0.140. The fraction of sp³-hybridized carbons (Fsp3) is 0.500. The van der Waals surface area contributed by atoms with Crippen molar-refractivity contribution in [3.63, 3.8) is 0 Å². The minimum Gasteiger partial charge on any atom is -0.480 e. The van der Waals surface area contributed by atoms with E-state index < -0.39 is 43.6 Å². The number of sulfonamides is 2. The van der Waals surface area contributed by atoms with Crippen molar-refractivity contribution in [2.45, 2.75) is 23.8 Å². The normalized spacial score (nSPS) is 19.4. The van der Waals surface area contributed by atoms with E-state index in [9.17, 15) is 26.0 Å². The Labute approximate surface area is 146 Å². The Morgan fingerprint density at radius 3 is 2.44 bits per heavy atom. The van der Waals surface area contributed by atoms with Gasteiger partial charge >= 0.3 is 5.97 Å². The zero-order chi connectivity index (χ0) is 18.8. The van der Waals surface area contributed by atoms with E-state index in [1.807, 2.05) is 0 Å². The van der Waals surface area contributed by atoms with Crippen molar-refractivity contribution in [2.75, 3.05) is 25.9 Å². The molecule has 0 amide bonds. The zero-order valence-electron chi connectivity index (χ0n) is 13.5. The summed E-state index contributed by atoms with van der Waals surface area (Å²) >= 11 is 0. The predicted molar refractivity (Wildman–Crippen MR) is 87.4 cm³/mol. The van der Waals surface area contributed by atoms with Crippen LogP contribution < -0.4 is 0 Å². The first-order valence-corrected chi connectivity index (χ1v) is 10.5. The fourth-order valence-electron chi connectivity index (χ4n) is 2.59. The lowest BCUT2D eigenvalue weighted by Crippen LogP contribution is -2.43. The second-order valence-corrected chi connectivity index (χ2v) is 9.79. The third-order valence-corrected chi connectivity index (χ3v) is 7.75. The first-order chi connectivity index (χ1) is 11.6. The summed E-state index contributed by atoms with van der Waals surface area (Å²) in [7, 11) is -6.66. The van der Waals surface area contributed by atoms with Crippen LogP contribution in [0.3, 0.4) is 0 Å². The SMILES string of the molecule is CN(CCS(=O)(=O)N1CCC[C@@H]1C(=O)O)S(=O)(=O)c1ccc(F)cc1. The van der Waals surface area contributed by atoms with Gasteiger partial charge in [0.15, 0.2) is 0 Å². The Morgan fingerprint density at radius 2 is 1.88 bits per heavy atom. The zero-order valence-corrected chi connectivity index (χ0v) is 15.1. The van der Waals surface area contributed by atoms with E-state index in [1.54, 1.807) is 0 Å². The Balaban J connectivity index is 2.09. The number of carboxylic acids is 1. The molecule has 1 aromatic rings. The van der Waals surface area contributed by atoms with Gasteiger partial charge in [-0.05, 0) is 37.1 Å². The van der Waals surface area contributed by atoms with Crippen LogP contribution in [-0.4, -0.2) is 68.5 Å². The van der Waals surface area contributed by atoms with E-state index in [2.05, 4.69) is 0 Å². The number of nitrogens with zero attached hydrogens (tertiary/aromatic N) is 2. The van der Waals surface area contributed by atoms with Gasteiger partial charge < -0.3 is 5.11 Å². The van der Waals surface area contributed by atoms with Gasteiger partial charge in [-0.15, -0.1) is 0 Å². The van der Waals surface area contributed by atoms with Gasteiger partial charge in [0.05, 0.1) is 10.6 Å². The third kappa shape index (κ3) is 4.35. The topological polar surface area (TPSA) is 112 Å². The van der Waals surface area contributed by atoms with E-state index in [4.69, 9.17) is 5.11 Å². The molecular weight excluding hydrogens is 375 g/mol. The molecular formula is C14H19FN2O6S2. The Morgan fingerprint density at radius 1 is 1.28 bits per heavy atom. The molecule has 0 unspecified atom stereocenters. The molecule has 1 N–H and O–H groups in total. The standard InChI is InChI=1S/C14H19FN2O6S2/c1-16(25(22,23)12-6-4-11(15)5-7-12)9-10-24(20,21)17-8-2-3-13(17)14(18)19/h4-7,13H,2-3,8-10H2,1H3,(H,18,19)/t13-/m1/s1. The minimum absolute atomic E-state index is 0.105. The molecule has 1 aliphatic heterocycles. The quantitative estimate of drug-likeness (QED) is 0.713. The van der Waals surface area contributed by atoms with Crippen LogP contribution in [0.2, 0.25) is 0 Å². The Kier molecular flexibility index (Phi) is 5.82. The largest absolute Gasteiger partial charge is 0.480 e. The van der Waals surface area contributed by atoms with Gasteiger partial charge in [-0.25, -0.2) is 21.2 Å². The summed E-state index contributed by atoms with van der Waals surface area (Å²) in [4.78, 5) is 11.0. The Hall–Kier alpha value is -1.56. The molecule has 1 aromatic carbocycles. The molecule has 1 saturated heterocycles. The molecule has 1 heterocycles. The number of hydrogen-bond acceptors (Lipinski definition) is 5. The van der Waals surface area contributed by atoms with Gasteiger partial charge in [-0.1, -0.05) is 0 Å². The lowest BCUT2D eigenvalue weighted by Gasteiger charge is -2.23. The van der Waals surface area contributed by atoms with Crippen LogP contribution in [0.15, 0.2) is 29.2 Å². The van der Waals surface area contributed by atoms with Crippen molar-refractivity contribution in [3.05, 3.63) is 30.1 Å². The molecule has 0 aromatic heterocycles. The number of halogens is 1. The molecule has 2 rings (SSSR count). The van der Waals surface area contributed by atoms with E-state index in [0.717, 1.165) is 32.9 Å². The molecule has 0 spiro atoms. The number of benzene rings is 1. The van der Waals surface area contributed by atoms with Crippen molar-refractivity contribution in [2.24, 2.45) is 0 Å². The van der Waals surface area contributed by atoms with Crippen molar-refractivity contribution in [1.29, 1.82) is 0 Å². The summed E-state index contributed by atoms with van der Waals surface area (Å²) in [5, 5.41) is 9.08. The molecule has 11 heteroatoms. The van der Waals surface area contributed by atoms with Crippen LogP contribution in [0.25, 0.3) is 0 Å². The summed E-state index contributed by atoms with van der Waals surface area (Å²) < 4.78 is 64.1. The fourth-order valence-corrected chi connectivity index (χ4v) is 5.60. The second kappa shape index (κ2) is 7.36. The van der Waals surface area contributed by atoms with Crippen molar-refractivity contribution < 1.29 is 31.1 Å². The van der Waals surface area contributed by atoms with Gasteiger partial charge in [0.25, 0.3) is 0 Å². The molecule has 0 radical (unpaired) electrons. The molecule has 0 aliphatic carbocycles. The highest BCUT2D eigenvalue weighted by molar-refractivity contribution is 7.90. The van der Waals surface area contributed by atoms with E-state index in [0.29, 0.717) is 6.42 Å². The summed E-state index contributed by atoms with van der Waals surface area (Å²) in [6.45, 7) is -0.237. The van der Waals surface area contributed by atoms with Crippen LogP contribution in [-0.2, 0) is 24.8 Å². The molecule has 1 aliphatic rings. The highest BCUT2D eigenvalue weighted by Gasteiger charge is 2.38. The smallest absolute Gasteiger partial charge is 0.322 e. The van der Waals surface area contributed by atoms with Crippen molar-refractivity contribution in [3.8, 4) is 0 Å². The summed E-state index contributed by atoms with van der Waals surface area (Å²) in [6.07, 6.45) is 0.679. The van der Waals surface area contributed by atoms with Crippen LogP contribution in [0.4, 0.5) is 4.39 Å². The minimum atomic E-state index is -3.96. The molecule has 140 valence electrons. The van der Waals surface area contributed by atoms with Crippen LogP contribution in [0.1, 0.15) is 12.8 Å². The average molecular weight is 394 g/mol. The number of aliphatic carboxylic acids is 1. The maximum Gasteiger partial charge on any atom is 0.322 e. The Bertz CT molecular complexity index is 839. The van der Waals surface area contributed by atoms with E-state index >= 15 is 0 Å². The summed E-state index contributed by atoms with van der Waals surface area (Å²) in [5.74, 6) is -2.33. The van der Waals surface area contributed by atoms with Crippen LogP contribution in [0, 0.1) is 5.82 Å². The van der Waals surface area contributed by atoms with Crippen molar-refractivity contribution in [1.82, 2.24) is 8.61 Å². The average Bonchev–Trinajstić information content (AvgIpc) is 3.04. The van der Waals surface area contributed by atoms with Crippen LogP contribution >= 0.6 is 0 Å². The predicted octanol–water partition coefficient (Wildman–Crippen LogP) is 0.325. The monoisotopic (exact) mass is 394 g/mol. The van der Waals surface area contributed by atoms with E-state index in [-0.39, 0.29) is 24.4 Å². The number of hydrogen-bond donors (Lipinski definition) is 1. The van der Waals surface area contributed by atoms with Gasteiger partial charge in [0, 0.05) is 20.1 Å². The molecule has 0 bridgehead atoms. The molecule has 0 saturated carbocycles. The molecule has 8 nitrogen and oxygen atoms in total. The summed E-state index contributed by atoms with van der Waals surface area (Å²) in [5.41, 5.74) is 0. The number of rotatable bonds is 7. The summed E-state index contributed by atoms with van der Waals surface area (Å²) in [6, 6.07) is 3.08. The van der Waals surface area contributed by atoms with Crippen LogP contribution in [0.5, 0.6) is 0 Å². The first-order valence-electron chi connectivity index (χ1n) is 7.50.